The third kappa shape index (κ3) is 2.16. The molecule has 0 amide bonds. The quantitative estimate of drug-likeness (QED) is 0.691. The first kappa shape index (κ1) is 14.8. The van der Waals surface area contributed by atoms with Gasteiger partial charge in [0.15, 0.2) is 0 Å². The van der Waals surface area contributed by atoms with Crippen molar-refractivity contribution in [2.24, 2.45) is 0 Å². The average Bonchev–Trinajstić information content (AvgIpc) is 2.59. The molecule has 0 N–H and O–H groups in total. The Labute approximate surface area is 116 Å². The summed E-state index contributed by atoms with van der Waals surface area (Å²) in [5, 5.41) is 4.72. The van der Waals surface area contributed by atoms with E-state index in [2.05, 4.69) is 39.0 Å². The van der Waals surface area contributed by atoms with Gasteiger partial charge in [0.2, 0.25) is 0 Å². The second-order valence-corrected chi connectivity index (χ2v) is 3.50. The molecule has 0 fully saturated rings. The van der Waals surface area contributed by atoms with Crippen LogP contribution >= 0.6 is 0 Å². The average molecular weight is 278 g/mol. The standard InChI is InChI=1S/C11H12NO.CH3.Y/c1-6-7(2)9(4)11-10(8(6)3)5-12-13-11;;/h1-4H3;1H3;/q2*-1;+3. The van der Waals surface area contributed by atoms with Crippen LogP contribution in [0.15, 0.2) is 4.52 Å². The smallest absolute Gasteiger partial charge is 0.431 e. The van der Waals surface area contributed by atoms with E-state index in [1.54, 1.807) is 0 Å². The molecule has 0 aliphatic heterocycles. The van der Waals surface area contributed by atoms with Crippen molar-refractivity contribution >= 4 is 11.0 Å². The van der Waals surface area contributed by atoms with Gasteiger partial charge >= 0.3 is 32.7 Å². The summed E-state index contributed by atoms with van der Waals surface area (Å²) in [6, 6.07) is 0. The van der Waals surface area contributed by atoms with E-state index in [4.69, 9.17) is 4.52 Å². The second-order valence-electron chi connectivity index (χ2n) is 3.50. The predicted molar refractivity (Wildman–Crippen MR) is 58.2 cm³/mol. The van der Waals surface area contributed by atoms with Crippen LogP contribution in [0.2, 0.25) is 0 Å². The van der Waals surface area contributed by atoms with Crippen LogP contribution in [0.1, 0.15) is 22.3 Å². The number of fused-ring (bicyclic) bond motifs is 1. The van der Waals surface area contributed by atoms with Crippen molar-refractivity contribution in [2.75, 3.05) is 0 Å². The van der Waals surface area contributed by atoms with E-state index in [-0.39, 0.29) is 40.1 Å². The molecule has 0 aliphatic rings. The Hall–Kier alpha value is -0.206. The third-order valence-corrected chi connectivity index (χ3v) is 2.92. The van der Waals surface area contributed by atoms with Gasteiger partial charge in [0, 0.05) is 0 Å². The number of benzene rings is 1. The Morgan fingerprint density at radius 1 is 0.933 bits per heavy atom. The fraction of sp³-hybridized carbons (Fsp3) is 0.333. The van der Waals surface area contributed by atoms with Crippen LogP contribution in [0.5, 0.6) is 0 Å². The van der Waals surface area contributed by atoms with Gasteiger partial charge in [0.25, 0.3) is 0 Å². The van der Waals surface area contributed by atoms with Crippen molar-refractivity contribution in [2.45, 2.75) is 27.7 Å². The van der Waals surface area contributed by atoms with Crippen LogP contribution in [0, 0.1) is 41.3 Å². The van der Waals surface area contributed by atoms with E-state index in [0.717, 1.165) is 11.0 Å². The number of hydrogen-bond donors (Lipinski definition) is 0. The predicted octanol–water partition coefficient (Wildman–Crippen LogP) is 3.31. The number of rotatable bonds is 0. The van der Waals surface area contributed by atoms with Crippen LogP contribution < -0.4 is 0 Å². The van der Waals surface area contributed by atoms with Gasteiger partial charge in [-0.25, -0.2) is 0 Å². The summed E-state index contributed by atoms with van der Waals surface area (Å²) >= 11 is 0. The molecule has 1 aromatic heterocycles. The van der Waals surface area contributed by atoms with Crippen molar-refractivity contribution in [3.8, 4) is 0 Å². The number of aryl methyl sites for hydroxylation is 2. The van der Waals surface area contributed by atoms with E-state index in [1.807, 2.05) is 0 Å². The zero-order chi connectivity index (χ0) is 9.59. The van der Waals surface area contributed by atoms with Gasteiger partial charge in [-0.2, -0.15) is 5.16 Å². The first-order valence-corrected chi connectivity index (χ1v) is 4.36. The molecule has 0 spiro atoms. The molecule has 76 valence electrons. The molecule has 0 atom stereocenters. The van der Waals surface area contributed by atoms with Gasteiger partial charge < -0.3 is 11.9 Å². The van der Waals surface area contributed by atoms with Crippen LogP contribution in [-0.2, 0) is 32.7 Å². The molecule has 2 rings (SSSR count). The molecule has 0 saturated carbocycles. The summed E-state index contributed by atoms with van der Waals surface area (Å²) in [4.78, 5) is 0. The van der Waals surface area contributed by atoms with Crippen LogP contribution in [0.4, 0.5) is 0 Å². The van der Waals surface area contributed by atoms with Gasteiger partial charge in [-0.3, -0.25) is 0 Å². The molecule has 0 bridgehead atoms. The molecular formula is C12H15NOY+. The first-order valence-electron chi connectivity index (χ1n) is 4.36. The summed E-state index contributed by atoms with van der Waals surface area (Å²) in [5.74, 6) is 0. The molecule has 15 heavy (non-hydrogen) atoms. The molecule has 0 aliphatic carbocycles. The van der Waals surface area contributed by atoms with Crippen molar-refractivity contribution in [3.05, 3.63) is 35.9 Å². The number of nitrogens with zero attached hydrogens (tertiary/aromatic N) is 1. The third-order valence-electron chi connectivity index (χ3n) is 2.92. The summed E-state index contributed by atoms with van der Waals surface area (Å²) in [7, 11) is 0. The summed E-state index contributed by atoms with van der Waals surface area (Å²) < 4.78 is 5.16. The fourth-order valence-corrected chi connectivity index (χ4v) is 1.64. The van der Waals surface area contributed by atoms with Crippen molar-refractivity contribution in [1.29, 1.82) is 0 Å². The van der Waals surface area contributed by atoms with Crippen molar-refractivity contribution in [1.82, 2.24) is 5.16 Å². The maximum atomic E-state index is 5.16. The van der Waals surface area contributed by atoms with E-state index in [1.165, 1.54) is 22.3 Å². The minimum atomic E-state index is 0. The first-order chi connectivity index (χ1) is 6.13. The fourth-order valence-electron chi connectivity index (χ4n) is 1.64. The van der Waals surface area contributed by atoms with Crippen molar-refractivity contribution < 1.29 is 37.2 Å². The maximum absolute atomic E-state index is 5.16. The molecule has 2 nitrogen and oxygen atoms in total. The Morgan fingerprint density at radius 3 is 2.07 bits per heavy atom. The minimum Gasteiger partial charge on any atom is -0.431 e. The van der Waals surface area contributed by atoms with Gasteiger partial charge in [-0.15, -0.1) is 16.5 Å². The molecule has 1 heterocycles. The molecule has 0 saturated heterocycles. The maximum Gasteiger partial charge on any atom is 3.00 e. The molecule has 0 unspecified atom stereocenters. The number of aromatic nitrogens is 1. The van der Waals surface area contributed by atoms with Crippen molar-refractivity contribution in [3.63, 3.8) is 0 Å². The molecule has 0 radical (unpaired) electrons. The van der Waals surface area contributed by atoms with Gasteiger partial charge in [0.1, 0.15) is 0 Å². The molecule has 2 aromatic rings. The van der Waals surface area contributed by atoms with Gasteiger partial charge in [-0.05, 0) is 20.0 Å². The van der Waals surface area contributed by atoms with E-state index < -0.39 is 0 Å². The van der Waals surface area contributed by atoms with E-state index in [0.29, 0.717) is 0 Å². The second kappa shape index (κ2) is 5.22. The van der Waals surface area contributed by atoms with E-state index in [9.17, 15) is 0 Å². The van der Waals surface area contributed by atoms with Gasteiger partial charge in [0.05, 0.1) is 5.58 Å². The summed E-state index contributed by atoms with van der Waals surface area (Å²) in [6.45, 7) is 8.37. The molecule has 1 aromatic carbocycles. The zero-order valence-electron chi connectivity index (χ0n) is 9.93. The number of hydrogen-bond acceptors (Lipinski definition) is 2. The van der Waals surface area contributed by atoms with Gasteiger partial charge in [-0.1, -0.05) is 25.0 Å². The Bertz CT molecular complexity index is 432. The molecular weight excluding hydrogens is 263 g/mol. The Balaban J connectivity index is 0.000000980. The SMILES string of the molecule is Cc1c(C)c(C)c2on[c-]c2c1C.[CH3-].[Y+3]. The zero-order valence-corrected chi connectivity index (χ0v) is 12.8. The summed E-state index contributed by atoms with van der Waals surface area (Å²) in [5.41, 5.74) is 5.87. The normalized spacial score (nSPS) is 9.60. The van der Waals surface area contributed by atoms with Crippen LogP contribution in [-0.4, -0.2) is 5.16 Å². The van der Waals surface area contributed by atoms with Crippen LogP contribution in [0.25, 0.3) is 11.0 Å². The van der Waals surface area contributed by atoms with Crippen LogP contribution in [0.3, 0.4) is 0 Å². The monoisotopic (exact) mass is 278 g/mol. The van der Waals surface area contributed by atoms with E-state index >= 15 is 0 Å². The largest absolute Gasteiger partial charge is 3.00 e. The molecule has 3 heteroatoms. The minimum absolute atomic E-state index is 0. The Kier molecular flexibility index (Phi) is 5.15. The summed E-state index contributed by atoms with van der Waals surface area (Å²) in [6.07, 6.45) is 2.88. The Morgan fingerprint density at radius 2 is 1.47 bits per heavy atom. The topological polar surface area (TPSA) is 26.0 Å².